The molecule has 106 valence electrons. The largest absolute Gasteiger partial charge is 0.393 e. The van der Waals surface area contributed by atoms with E-state index in [0.717, 1.165) is 32.1 Å². The van der Waals surface area contributed by atoms with Crippen LogP contribution < -0.4 is 5.73 Å². The molecule has 0 spiro atoms. The quantitative estimate of drug-likeness (QED) is 0.719. The van der Waals surface area contributed by atoms with Crippen LogP contribution >= 0.6 is 12.2 Å². The molecule has 0 aromatic carbocycles. The van der Waals surface area contributed by atoms with E-state index >= 15 is 0 Å². The molecule has 1 heterocycles. The molecule has 1 rings (SSSR count). The monoisotopic (exact) mass is 271 g/mol. The van der Waals surface area contributed by atoms with Gasteiger partial charge in [0.2, 0.25) is 0 Å². The fourth-order valence-corrected chi connectivity index (χ4v) is 2.72. The van der Waals surface area contributed by atoms with Crippen molar-refractivity contribution in [2.24, 2.45) is 11.1 Å². The van der Waals surface area contributed by atoms with Crippen LogP contribution in [0.1, 0.15) is 40.5 Å². The normalized spacial score (nSPS) is 21.7. The minimum absolute atomic E-state index is 0.0113. The van der Waals surface area contributed by atoms with E-state index in [1.54, 1.807) is 0 Å². The SMILES string of the molecule is CCN(CC)C1CCN(CCC(C)(C)C(N)=S)C1. The first-order valence-corrected chi connectivity index (χ1v) is 7.57. The van der Waals surface area contributed by atoms with Crippen LogP contribution in [0.25, 0.3) is 0 Å². The maximum absolute atomic E-state index is 5.78. The molecular formula is C14H29N3S. The van der Waals surface area contributed by atoms with Crippen molar-refractivity contribution >= 4 is 17.2 Å². The highest BCUT2D eigenvalue weighted by atomic mass is 32.1. The zero-order valence-electron chi connectivity index (χ0n) is 12.4. The first-order chi connectivity index (χ1) is 8.40. The number of hydrogen-bond donors (Lipinski definition) is 1. The van der Waals surface area contributed by atoms with E-state index in [1.165, 1.54) is 19.5 Å². The van der Waals surface area contributed by atoms with Crippen molar-refractivity contribution in [1.82, 2.24) is 9.80 Å². The fraction of sp³-hybridized carbons (Fsp3) is 0.929. The second kappa shape index (κ2) is 6.83. The Bertz CT molecular complexity index is 274. The van der Waals surface area contributed by atoms with Crippen molar-refractivity contribution in [1.29, 1.82) is 0 Å². The summed E-state index contributed by atoms with van der Waals surface area (Å²) in [5.41, 5.74) is 5.77. The molecule has 1 atom stereocenters. The van der Waals surface area contributed by atoms with Crippen molar-refractivity contribution in [2.75, 3.05) is 32.7 Å². The van der Waals surface area contributed by atoms with E-state index in [2.05, 4.69) is 37.5 Å². The molecular weight excluding hydrogens is 242 g/mol. The van der Waals surface area contributed by atoms with E-state index < -0.39 is 0 Å². The molecule has 0 radical (unpaired) electrons. The predicted octanol–water partition coefficient (Wildman–Crippen LogP) is 2.10. The average molecular weight is 271 g/mol. The van der Waals surface area contributed by atoms with E-state index in [9.17, 15) is 0 Å². The van der Waals surface area contributed by atoms with Crippen molar-refractivity contribution < 1.29 is 0 Å². The molecule has 2 N–H and O–H groups in total. The zero-order chi connectivity index (χ0) is 13.8. The van der Waals surface area contributed by atoms with Gasteiger partial charge in [-0.1, -0.05) is 39.9 Å². The van der Waals surface area contributed by atoms with Crippen molar-refractivity contribution in [2.45, 2.75) is 46.6 Å². The Morgan fingerprint density at radius 3 is 2.50 bits per heavy atom. The second-order valence-corrected chi connectivity index (χ2v) is 6.40. The van der Waals surface area contributed by atoms with E-state index in [4.69, 9.17) is 18.0 Å². The minimum atomic E-state index is -0.0113. The standard InChI is InChI=1S/C14H29N3S/c1-5-17(6-2)12-7-9-16(11-12)10-8-14(3,4)13(15)18/h12H,5-11H2,1-4H3,(H2,15,18). The van der Waals surface area contributed by atoms with Crippen molar-refractivity contribution in [3.8, 4) is 0 Å². The molecule has 0 aromatic heterocycles. The molecule has 1 aliphatic rings. The summed E-state index contributed by atoms with van der Waals surface area (Å²) in [5, 5.41) is 0. The third kappa shape index (κ3) is 4.18. The zero-order valence-corrected chi connectivity index (χ0v) is 13.2. The van der Waals surface area contributed by atoms with Gasteiger partial charge < -0.3 is 10.6 Å². The Labute approximate surface area is 118 Å². The summed E-state index contributed by atoms with van der Waals surface area (Å²) in [7, 11) is 0. The van der Waals surface area contributed by atoms with Crippen LogP contribution in [-0.2, 0) is 0 Å². The average Bonchev–Trinajstić information content (AvgIpc) is 2.77. The highest BCUT2D eigenvalue weighted by Crippen LogP contribution is 2.23. The first kappa shape index (κ1) is 15.9. The molecule has 3 nitrogen and oxygen atoms in total. The summed E-state index contributed by atoms with van der Waals surface area (Å²) < 4.78 is 0. The van der Waals surface area contributed by atoms with Gasteiger partial charge in [-0.3, -0.25) is 4.90 Å². The third-order valence-corrected chi connectivity index (χ3v) is 4.85. The Morgan fingerprint density at radius 2 is 2.00 bits per heavy atom. The maximum Gasteiger partial charge on any atom is 0.0784 e. The molecule has 4 heteroatoms. The topological polar surface area (TPSA) is 32.5 Å². The molecule has 1 unspecified atom stereocenters. The summed E-state index contributed by atoms with van der Waals surface area (Å²) >= 11 is 5.13. The number of likely N-dealkylation sites (N-methyl/N-ethyl adjacent to an activating group) is 1. The van der Waals surface area contributed by atoms with Crippen molar-refractivity contribution in [3.05, 3.63) is 0 Å². The molecule has 0 aliphatic carbocycles. The number of nitrogens with two attached hydrogens (primary N) is 1. The van der Waals surface area contributed by atoms with Gasteiger partial charge in [-0.2, -0.15) is 0 Å². The lowest BCUT2D eigenvalue weighted by atomic mass is 9.89. The highest BCUT2D eigenvalue weighted by molar-refractivity contribution is 7.80. The summed E-state index contributed by atoms with van der Waals surface area (Å²) in [6.45, 7) is 14.7. The van der Waals surface area contributed by atoms with Crippen LogP contribution in [0.4, 0.5) is 0 Å². The van der Waals surface area contributed by atoms with Gasteiger partial charge in [-0.15, -0.1) is 0 Å². The second-order valence-electron chi connectivity index (χ2n) is 5.96. The molecule has 0 aromatic rings. The Kier molecular flexibility index (Phi) is 6.02. The van der Waals surface area contributed by atoms with Crippen molar-refractivity contribution in [3.63, 3.8) is 0 Å². The van der Waals surface area contributed by atoms with Gasteiger partial charge in [-0.25, -0.2) is 0 Å². The molecule has 1 aliphatic heterocycles. The van der Waals surface area contributed by atoms with Crippen LogP contribution in [0.15, 0.2) is 0 Å². The summed E-state index contributed by atoms with van der Waals surface area (Å²) in [6.07, 6.45) is 2.36. The van der Waals surface area contributed by atoms with E-state index in [-0.39, 0.29) is 5.41 Å². The lowest BCUT2D eigenvalue weighted by Crippen LogP contribution is -2.38. The van der Waals surface area contributed by atoms with Gasteiger partial charge in [0.1, 0.15) is 0 Å². The van der Waals surface area contributed by atoms with Gasteiger partial charge in [0.05, 0.1) is 4.99 Å². The Morgan fingerprint density at radius 1 is 1.39 bits per heavy atom. The number of likely N-dealkylation sites (tertiary alicyclic amines) is 1. The van der Waals surface area contributed by atoms with Crippen LogP contribution in [0.2, 0.25) is 0 Å². The smallest absolute Gasteiger partial charge is 0.0784 e. The summed E-state index contributed by atoms with van der Waals surface area (Å²) in [5.74, 6) is 0. The van der Waals surface area contributed by atoms with Gasteiger partial charge in [0.25, 0.3) is 0 Å². The van der Waals surface area contributed by atoms with Gasteiger partial charge in [0.15, 0.2) is 0 Å². The summed E-state index contributed by atoms with van der Waals surface area (Å²) in [6, 6.07) is 0.743. The molecule has 18 heavy (non-hydrogen) atoms. The molecule has 1 fully saturated rings. The Hall–Kier alpha value is -0.190. The molecule has 0 bridgehead atoms. The highest BCUT2D eigenvalue weighted by Gasteiger charge is 2.28. The van der Waals surface area contributed by atoms with E-state index in [0.29, 0.717) is 4.99 Å². The third-order valence-electron chi connectivity index (χ3n) is 4.30. The van der Waals surface area contributed by atoms with Gasteiger partial charge in [-0.05, 0) is 39.0 Å². The first-order valence-electron chi connectivity index (χ1n) is 7.17. The number of rotatable bonds is 7. The summed E-state index contributed by atoms with van der Waals surface area (Å²) in [4.78, 5) is 5.77. The van der Waals surface area contributed by atoms with E-state index in [1.807, 2.05) is 0 Å². The van der Waals surface area contributed by atoms with Crippen LogP contribution in [0, 0.1) is 5.41 Å². The van der Waals surface area contributed by atoms with Gasteiger partial charge >= 0.3 is 0 Å². The minimum Gasteiger partial charge on any atom is -0.393 e. The predicted molar refractivity (Wildman–Crippen MR) is 82.9 cm³/mol. The molecule has 0 amide bonds. The number of nitrogens with zero attached hydrogens (tertiary/aromatic N) is 2. The number of hydrogen-bond acceptors (Lipinski definition) is 3. The Balaban J connectivity index is 2.37. The van der Waals surface area contributed by atoms with Gasteiger partial charge in [0, 0.05) is 18.0 Å². The van der Waals surface area contributed by atoms with Crippen LogP contribution in [0.3, 0.4) is 0 Å². The maximum atomic E-state index is 5.78. The lowest BCUT2D eigenvalue weighted by Gasteiger charge is -2.28. The molecule has 0 saturated carbocycles. The van der Waals surface area contributed by atoms with Crippen LogP contribution in [-0.4, -0.2) is 53.6 Å². The fourth-order valence-electron chi connectivity index (χ4n) is 2.61. The molecule has 1 saturated heterocycles. The lowest BCUT2D eigenvalue weighted by molar-refractivity contribution is 0.206. The van der Waals surface area contributed by atoms with Crippen LogP contribution in [0.5, 0.6) is 0 Å². The number of thiocarbonyl (C=S) groups is 1.